The molecule has 0 unspecified atom stereocenters. The molecule has 1 fully saturated rings. The van der Waals surface area contributed by atoms with Gasteiger partial charge in [0, 0.05) is 42.5 Å². The van der Waals surface area contributed by atoms with Gasteiger partial charge in [0.25, 0.3) is 5.91 Å². The van der Waals surface area contributed by atoms with Gasteiger partial charge in [-0.2, -0.15) is 0 Å². The van der Waals surface area contributed by atoms with Crippen LogP contribution in [0.3, 0.4) is 0 Å². The van der Waals surface area contributed by atoms with Gasteiger partial charge in [-0.25, -0.2) is 0 Å². The monoisotopic (exact) mass is 393 g/mol. The first kappa shape index (κ1) is 19.7. The highest BCUT2D eigenvalue weighted by Crippen LogP contribution is 2.32. The van der Waals surface area contributed by atoms with Gasteiger partial charge in [0.15, 0.2) is 0 Å². The van der Waals surface area contributed by atoms with Gasteiger partial charge in [0.2, 0.25) is 5.91 Å². The number of hydrogen-bond acceptors (Lipinski definition) is 2. The molecule has 2 amide bonds. The SMILES string of the molecule is CC(C)n1cccc1CNC(=O)C1CCC(CN2Cc3ccccc3C2=O)CC1. The maximum absolute atomic E-state index is 12.6. The standard InChI is InChI=1S/C24H31N3O2/c1-17(2)27-13-5-7-21(27)14-25-23(28)19-11-9-18(10-12-19)15-26-16-20-6-3-4-8-22(20)24(26)29/h3-8,13,17-19H,9-12,14-16H2,1-2H3,(H,25,28). The van der Waals surface area contributed by atoms with Gasteiger partial charge in [-0.15, -0.1) is 0 Å². The third kappa shape index (κ3) is 4.24. The fourth-order valence-electron chi connectivity index (χ4n) is 4.79. The van der Waals surface area contributed by atoms with Crippen molar-refractivity contribution in [3.05, 3.63) is 59.4 Å². The minimum atomic E-state index is 0.0974. The number of carbonyl (C=O) groups excluding carboxylic acids is 2. The van der Waals surface area contributed by atoms with Crippen LogP contribution >= 0.6 is 0 Å². The summed E-state index contributed by atoms with van der Waals surface area (Å²) in [5.74, 6) is 0.925. The lowest BCUT2D eigenvalue weighted by Gasteiger charge is -2.30. The molecule has 1 saturated carbocycles. The Kier molecular flexibility index (Phi) is 5.74. The normalized spacial score (nSPS) is 21.5. The molecule has 1 aliphatic heterocycles. The number of nitrogens with zero attached hydrogens (tertiary/aromatic N) is 2. The van der Waals surface area contributed by atoms with Crippen molar-refractivity contribution in [2.75, 3.05) is 6.54 Å². The van der Waals surface area contributed by atoms with Gasteiger partial charge < -0.3 is 14.8 Å². The van der Waals surface area contributed by atoms with Crippen molar-refractivity contribution in [2.24, 2.45) is 11.8 Å². The predicted octanol–water partition coefficient (Wildman–Crippen LogP) is 4.15. The Labute approximate surface area is 173 Å². The van der Waals surface area contributed by atoms with Crippen molar-refractivity contribution in [3.8, 4) is 0 Å². The molecule has 2 aromatic rings. The molecule has 2 heterocycles. The lowest BCUT2D eigenvalue weighted by Crippen LogP contribution is -2.36. The molecule has 1 aliphatic carbocycles. The van der Waals surface area contributed by atoms with E-state index in [4.69, 9.17) is 0 Å². The minimum absolute atomic E-state index is 0.0974. The number of carbonyl (C=O) groups is 2. The molecule has 1 aromatic carbocycles. The average molecular weight is 394 g/mol. The summed E-state index contributed by atoms with van der Waals surface area (Å²) in [6.45, 7) is 6.42. The summed E-state index contributed by atoms with van der Waals surface area (Å²) < 4.78 is 2.20. The molecule has 29 heavy (non-hydrogen) atoms. The fraction of sp³-hybridized carbons (Fsp3) is 0.500. The number of fused-ring (bicyclic) bond motifs is 1. The van der Waals surface area contributed by atoms with Crippen LogP contribution in [-0.2, 0) is 17.9 Å². The summed E-state index contributed by atoms with van der Waals surface area (Å²) in [4.78, 5) is 27.2. The molecule has 1 aromatic heterocycles. The maximum atomic E-state index is 12.6. The molecule has 0 saturated heterocycles. The molecular weight excluding hydrogens is 362 g/mol. The quantitative estimate of drug-likeness (QED) is 0.802. The van der Waals surface area contributed by atoms with Crippen molar-refractivity contribution in [3.63, 3.8) is 0 Å². The van der Waals surface area contributed by atoms with Crippen molar-refractivity contribution in [1.82, 2.24) is 14.8 Å². The van der Waals surface area contributed by atoms with Gasteiger partial charge in [0.1, 0.15) is 0 Å². The van der Waals surface area contributed by atoms with Crippen LogP contribution in [0, 0.1) is 11.8 Å². The molecule has 1 N–H and O–H groups in total. The van der Waals surface area contributed by atoms with Gasteiger partial charge in [-0.1, -0.05) is 18.2 Å². The van der Waals surface area contributed by atoms with Crippen molar-refractivity contribution >= 4 is 11.8 Å². The van der Waals surface area contributed by atoms with Crippen LogP contribution in [0.25, 0.3) is 0 Å². The topological polar surface area (TPSA) is 54.3 Å². The van der Waals surface area contributed by atoms with E-state index >= 15 is 0 Å². The number of aromatic nitrogens is 1. The van der Waals surface area contributed by atoms with Crippen LogP contribution in [0.1, 0.15) is 67.2 Å². The van der Waals surface area contributed by atoms with Gasteiger partial charge >= 0.3 is 0 Å². The van der Waals surface area contributed by atoms with Crippen molar-refractivity contribution in [2.45, 2.75) is 58.7 Å². The van der Waals surface area contributed by atoms with E-state index < -0.39 is 0 Å². The van der Waals surface area contributed by atoms with E-state index in [0.29, 0.717) is 18.5 Å². The second-order valence-corrected chi connectivity index (χ2v) is 8.78. The van der Waals surface area contributed by atoms with Crippen molar-refractivity contribution in [1.29, 1.82) is 0 Å². The second kappa shape index (κ2) is 8.44. The number of rotatable bonds is 6. The first-order valence-corrected chi connectivity index (χ1v) is 10.8. The van der Waals surface area contributed by atoms with E-state index in [1.807, 2.05) is 35.2 Å². The summed E-state index contributed by atoms with van der Waals surface area (Å²) in [6, 6.07) is 12.4. The van der Waals surface area contributed by atoms with Crippen LogP contribution in [-0.4, -0.2) is 27.8 Å². The zero-order valence-electron chi connectivity index (χ0n) is 17.4. The Bertz CT molecular complexity index is 878. The summed E-state index contributed by atoms with van der Waals surface area (Å²) in [5.41, 5.74) is 3.14. The van der Waals surface area contributed by atoms with E-state index in [2.05, 4.69) is 36.0 Å². The molecule has 0 atom stereocenters. The summed E-state index contributed by atoms with van der Waals surface area (Å²) in [5, 5.41) is 3.13. The molecule has 5 heteroatoms. The van der Waals surface area contributed by atoms with Gasteiger partial charge in [0.05, 0.1) is 6.54 Å². The van der Waals surface area contributed by atoms with Crippen LogP contribution in [0.5, 0.6) is 0 Å². The zero-order chi connectivity index (χ0) is 20.4. The molecule has 4 rings (SSSR count). The van der Waals surface area contributed by atoms with E-state index in [1.54, 1.807) is 0 Å². The van der Waals surface area contributed by atoms with E-state index in [-0.39, 0.29) is 17.7 Å². The number of hydrogen-bond donors (Lipinski definition) is 1. The Morgan fingerprint density at radius 1 is 1.10 bits per heavy atom. The highest BCUT2D eigenvalue weighted by atomic mass is 16.2. The average Bonchev–Trinajstić information content (AvgIpc) is 3.32. The smallest absolute Gasteiger partial charge is 0.254 e. The minimum Gasteiger partial charge on any atom is -0.350 e. The Morgan fingerprint density at radius 2 is 1.86 bits per heavy atom. The van der Waals surface area contributed by atoms with Crippen LogP contribution in [0.4, 0.5) is 0 Å². The lowest BCUT2D eigenvalue weighted by atomic mass is 9.81. The fourth-order valence-corrected chi connectivity index (χ4v) is 4.79. The van der Waals surface area contributed by atoms with E-state index in [1.165, 1.54) is 0 Å². The third-order valence-electron chi connectivity index (χ3n) is 6.46. The Balaban J connectivity index is 1.24. The highest BCUT2D eigenvalue weighted by Gasteiger charge is 2.32. The highest BCUT2D eigenvalue weighted by molar-refractivity contribution is 5.98. The first-order valence-electron chi connectivity index (χ1n) is 10.8. The second-order valence-electron chi connectivity index (χ2n) is 8.78. The Hall–Kier alpha value is -2.56. The zero-order valence-corrected chi connectivity index (χ0v) is 17.4. The van der Waals surface area contributed by atoms with E-state index in [9.17, 15) is 9.59 Å². The molecule has 2 aliphatic rings. The number of amides is 2. The molecule has 0 radical (unpaired) electrons. The van der Waals surface area contributed by atoms with E-state index in [0.717, 1.165) is 55.6 Å². The maximum Gasteiger partial charge on any atom is 0.254 e. The summed E-state index contributed by atoms with van der Waals surface area (Å²) in [7, 11) is 0. The van der Waals surface area contributed by atoms with Crippen LogP contribution in [0.2, 0.25) is 0 Å². The molecule has 154 valence electrons. The third-order valence-corrected chi connectivity index (χ3v) is 6.46. The first-order chi connectivity index (χ1) is 14.0. The molecular formula is C24H31N3O2. The van der Waals surface area contributed by atoms with Crippen LogP contribution < -0.4 is 5.32 Å². The van der Waals surface area contributed by atoms with Gasteiger partial charge in [-0.05, 0) is 69.2 Å². The molecule has 5 nitrogen and oxygen atoms in total. The van der Waals surface area contributed by atoms with Crippen LogP contribution in [0.15, 0.2) is 42.6 Å². The predicted molar refractivity (Wildman–Crippen MR) is 113 cm³/mol. The Morgan fingerprint density at radius 3 is 2.59 bits per heavy atom. The van der Waals surface area contributed by atoms with Gasteiger partial charge in [-0.3, -0.25) is 9.59 Å². The molecule has 0 bridgehead atoms. The summed E-state index contributed by atoms with van der Waals surface area (Å²) >= 11 is 0. The lowest BCUT2D eigenvalue weighted by molar-refractivity contribution is -0.126. The summed E-state index contributed by atoms with van der Waals surface area (Å²) in [6.07, 6.45) is 5.92. The molecule has 0 spiro atoms. The van der Waals surface area contributed by atoms with Crippen molar-refractivity contribution < 1.29 is 9.59 Å². The number of nitrogens with one attached hydrogen (secondary N) is 1. The number of benzene rings is 1. The largest absolute Gasteiger partial charge is 0.350 e.